The first-order valence-corrected chi connectivity index (χ1v) is 5.35. The van der Waals surface area contributed by atoms with E-state index in [0.29, 0.717) is 5.69 Å². The van der Waals surface area contributed by atoms with Crippen LogP contribution in [0, 0.1) is 0 Å². The highest BCUT2D eigenvalue weighted by molar-refractivity contribution is 7.77. The van der Waals surface area contributed by atoms with E-state index in [1.165, 1.54) is 5.56 Å². The highest BCUT2D eigenvalue weighted by Crippen LogP contribution is 2.14. The Morgan fingerprint density at radius 2 is 2.00 bits per heavy atom. The van der Waals surface area contributed by atoms with Crippen molar-refractivity contribution in [2.24, 2.45) is 9.63 Å². The summed E-state index contributed by atoms with van der Waals surface area (Å²) < 4.78 is 23.2. The maximum atomic E-state index is 10.1. The minimum absolute atomic E-state index is 0.550. The second-order valence-corrected chi connectivity index (χ2v) is 3.41. The lowest BCUT2D eigenvalue weighted by atomic mass is 10.1. The van der Waals surface area contributed by atoms with Gasteiger partial charge in [0.2, 0.25) is 0 Å². The van der Waals surface area contributed by atoms with Gasteiger partial charge >= 0.3 is 0 Å². The van der Waals surface area contributed by atoms with E-state index >= 15 is 0 Å². The molecular weight excluding hydrogens is 200 g/mol. The Morgan fingerprint density at radius 1 is 1.36 bits per heavy atom. The molecule has 1 unspecified atom stereocenters. The minimum atomic E-state index is -2.47. The van der Waals surface area contributed by atoms with Crippen LogP contribution in [0.1, 0.15) is 18.9 Å². The van der Waals surface area contributed by atoms with Crippen molar-refractivity contribution in [1.82, 2.24) is 0 Å². The summed E-state index contributed by atoms with van der Waals surface area (Å²) >= 11 is -2.47. The predicted molar refractivity (Wildman–Crippen MR) is 53.9 cm³/mol. The molecule has 0 bridgehead atoms. The zero-order valence-electron chi connectivity index (χ0n) is 7.84. The summed E-state index contributed by atoms with van der Waals surface area (Å²) in [4.78, 5) is 0. The van der Waals surface area contributed by atoms with Crippen LogP contribution < -0.4 is 0 Å². The molecule has 0 aromatic heterocycles. The monoisotopic (exact) mass is 211 g/mol. The average Bonchev–Trinajstić information content (AvgIpc) is 2.17. The summed E-state index contributed by atoms with van der Waals surface area (Å²) in [6.07, 6.45) is 2.11. The largest absolute Gasteiger partial charge is 0.752 e. The number of aryl methyl sites for hydroxylation is 1. The molecule has 0 radical (unpaired) electrons. The lowest BCUT2D eigenvalue weighted by Gasteiger charge is -1.98. The van der Waals surface area contributed by atoms with Crippen molar-refractivity contribution in [3.8, 4) is 0 Å². The molecule has 1 atom stereocenters. The predicted octanol–water partition coefficient (Wildman–Crippen LogP) is 2.52. The molecule has 0 saturated heterocycles. The molecule has 0 saturated carbocycles. The van der Waals surface area contributed by atoms with Gasteiger partial charge in [-0.25, -0.2) is 4.21 Å². The molecule has 1 aromatic carbocycles. The molecule has 0 heterocycles. The second-order valence-electron chi connectivity index (χ2n) is 2.82. The average molecular weight is 211 g/mol. The highest BCUT2D eigenvalue weighted by atomic mass is 32.2. The molecule has 5 heteroatoms. The van der Waals surface area contributed by atoms with Crippen molar-refractivity contribution >= 4 is 17.0 Å². The summed E-state index contributed by atoms with van der Waals surface area (Å²) in [5.74, 6) is 0. The summed E-state index contributed by atoms with van der Waals surface area (Å²) in [7, 11) is 0. The van der Waals surface area contributed by atoms with Crippen molar-refractivity contribution in [3.63, 3.8) is 0 Å². The normalized spacial score (nSPS) is 13.3. The summed E-state index contributed by atoms with van der Waals surface area (Å²) in [5.41, 5.74) is 1.77. The smallest absolute Gasteiger partial charge is 0.0901 e. The molecular formula is C9H11N2O2S-. The van der Waals surface area contributed by atoms with Gasteiger partial charge in [-0.15, -0.1) is 5.11 Å². The SMILES string of the molecule is CCCc1ccc(N=NS(=O)[O-])cc1. The third-order valence-corrected chi connectivity index (χ3v) is 1.91. The van der Waals surface area contributed by atoms with Crippen molar-refractivity contribution < 1.29 is 8.76 Å². The van der Waals surface area contributed by atoms with Crippen molar-refractivity contribution in [2.45, 2.75) is 19.8 Å². The van der Waals surface area contributed by atoms with Gasteiger partial charge in [0, 0.05) is 0 Å². The van der Waals surface area contributed by atoms with Crippen LogP contribution in [0.15, 0.2) is 33.9 Å². The van der Waals surface area contributed by atoms with Crippen LogP contribution in [0.3, 0.4) is 0 Å². The first-order valence-electron chi connectivity index (χ1n) is 4.32. The highest BCUT2D eigenvalue weighted by Gasteiger charge is 1.91. The molecule has 0 aliphatic carbocycles. The third-order valence-electron chi connectivity index (χ3n) is 1.70. The summed E-state index contributed by atoms with van der Waals surface area (Å²) in [5, 5.41) is 3.52. The molecule has 0 fully saturated rings. The molecule has 0 aliphatic heterocycles. The second kappa shape index (κ2) is 5.62. The van der Waals surface area contributed by atoms with Crippen LogP contribution in [-0.4, -0.2) is 8.76 Å². The van der Waals surface area contributed by atoms with E-state index in [9.17, 15) is 8.76 Å². The molecule has 0 aliphatic rings. The van der Waals surface area contributed by atoms with Crippen LogP contribution >= 0.6 is 0 Å². The van der Waals surface area contributed by atoms with Gasteiger partial charge in [0.05, 0.1) is 17.0 Å². The fourth-order valence-electron chi connectivity index (χ4n) is 1.10. The van der Waals surface area contributed by atoms with Gasteiger partial charge in [-0.2, -0.15) is 0 Å². The lowest BCUT2D eigenvalue weighted by molar-refractivity contribution is 0.536. The Morgan fingerprint density at radius 3 is 2.50 bits per heavy atom. The third kappa shape index (κ3) is 3.76. The van der Waals surface area contributed by atoms with Gasteiger partial charge in [0.25, 0.3) is 0 Å². The fourth-order valence-corrected chi connectivity index (χ4v) is 1.26. The van der Waals surface area contributed by atoms with Crippen molar-refractivity contribution in [1.29, 1.82) is 0 Å². The van der Waals surface area contributed by atoms with Gasteiger partial charge in [-0.3, -0.25) is 0 Å². The van der Waals surface area contributed by atoms with Crippen molar-refractivity contribution in [2.75, 3.05) is 0 Å². The van der Waals surface area contributed by atoms with E-state index in [1.807, 2.05) is 12.1 Å². The molecule has 76 valence electrons. The summed E-state index contributed by atoms with van der Waals surface area (Å²) in [6.45, 7) is 2.11. The number of nitrogens with zero attached hydrogens (tertiary/aromatic N) is 2. The zero-order valence-corrected chi connectivity index (χ0v) is 8.66. The molecule has 14 heavy (non-hydrogen) atoms. The standard InChI is InChI=1S/C9H12N2O2S/c1-2-3-8-4-6-9(7-5-8)10-11-14(12)13/h4-7H,2-3H2,1H3,(H,12,13)/p-1. The fraction of sp³-hybridized carbons (Fsp3) is 0.333. The van der Waals surface area contributed by atoms with Gasteiger partial charge in [0.1, 0.15) is 0 Å². The summed E-state index contributed by atoms with van der Waals surface area (Å²) in [6, 6.07) is 7.35. The van der Waals surface area contributed by atoms with E-state index in [-0.39, 0.29) is 0 Å². The molecule has 0 N–H and O–H groups in total. The van der Waals surface area contributed by atoms with Crippen LogP contribution in [-0.2, 0) is 17.7 Å². The Kier molecular flexibility index (Phi) is 4.42. The van der Waals surface area contributed by atoms with Crippen LogP contribution in [0.2, 0.25) is 0 Å². The van der Waals surface area contributed by atoms with Gasteiger partial charge in [-0.1, -0.05) is 30.0 Å². The van der Waals surface area contributed by atoms with E-state index < -0.39 is 11.3 Å². The first-order chi connectivity index (χ1) is 6.72. The van der Waals surface area contributed by atoms with Crippen LogP contribution in [0.25, 0.3) is 0 Å². The molecule has 1 aromatic rings. The Labute approximate surface area is 85.5 Å². The number of hydrogen-bond donors (Lipinski definition) is 0. The quantitative estimate of drug-likeness (QED) is 0.567. The number of hydrogen-bond acceptors (Lipinski definition) is 3. The van der Waals surface area contributed by atoms with E-state index in [2.05, 4.69) is 16.6 Å². The van der Waals surface area contributed by atoms with E-state index in [0.717, 1.165) is 12.8 Å². The molecule has 0 spiro atoms. The van der Waals surface area contributed by atoms with E-state index in [4.69, 9.17) is 0 Å². The van der Waals surface area contributed by atoms with E-state index in [1.54, 1.807) is 12.1 Å². The molecule has 4 nitrogen and oxygen atoms in total. The van der Waals surface area contributed by atoms with Gasteiger partial charge in [0.15, 0.2) is 0 Å². The Hall–Kier alpha value is -1.07. The lowest BCUT2D eigenvalue weighted by Crippen LogP contribution is -1.80. The number of benzene rings is 1. The Balaban J connectivity index is 2.68. The number of rotatable bonds is 4. The zero-order chi connectivity index (χ0) is 10.4. The minimum Gasteiger partial charge on any atom is -0.752 e. The van der Waals surface area contributed by atoms with Crippen LogP contribution in [0.4, 0.5) is 5.69 Å². The topological polar surface area (TPSA) is 64.8 Å². The Bertz CT molecular complexity index is 335. The van der Waals surface area contributed by atoms with Crippen LogP contribution in [0.5, 0.6) is 0 Å². The maximum absolute atomic E-state index is 10.1. The molecule has 0 amide bonds. The first kappa shape index (κ1) is 11.0. The van der Waals surface area contributed by atoms with Gasteiger partial charge < -0.3 is 4.55 Å². The maximum Gasteiger partial charge on any atom is 0.0901 e. The molecule has 1 rings (SSSR count). The van der Waals surface area contributed by atoms with Crippen molar-refractivity contribution in [3.05, 3.63) is 29.8 Å². The van der Waals surface area contributed by atoms with Gasteiger partial charge in [-0.05, 0) is 24.1 Å².